The summed E-state index contributed by atoms with van der Waals surface area (Å²) in [6.45, 7) is 1.14. The highest BCUT2D eigenvalue weighted by Crippen LogP contribution is 2.25. The largest absolute Gasteiger partial charge is 0.386 e. The minimum atomic E-state index is -0.695. The molecule has 3 N–H and O–H groups in total. The minimum Gasteiger partial charge on any atom is -0.386 e. The Morgan fingerprint density at radius 2 is 2.04 bits per heavy atom. The van der Waals surface area contributed by atoms with Crippen LogP contribution in [0.2, 0.25) is 0 Å². The average molecular weight is 397 g/mol. The average Bonchev–Trinajstić information content (AvgIpc) is 3.33. The molecule has 0 bridgehead atoms. The van der Waals surface area contributed by atoms with Gasteiger partial charge >= 0.3 is 0 Å². The van der Waals surface area contributed by atoms with Crippen molar-refractivity contribution in [2.24, 2.45) is 5.73 Å². The van der Waals surface area contributed by atoms with Crippen LogP contribution in [0.4, 0.5) is 0 Å². The molecule has 1 aliphatic heterocycles. The Morgan fingerprint density at radius 3 is 2.65 bits per heavy atom. The summed E-state index contributed by atoms with van der Waals surface area (Å²) in [7, 11) is 0. The second-order valence-corrected chi connectivity index (χ2v) is 7.27. The number of nitrogens with zero attached hydrogens (tertiary/aromatic N) is 1. The normalized spacial score (nSPS) is 20.4. The van der Waals surface area contributed by atoms with E-state index in [4.69, 9.17) is 10.5 Å². The van der Waals surface area contributed by atoms with E-state index in [0.29, 0.717) is 19.5 Å². The molecule has 1 aromatic heterocycles. The number of amides is 1. The summed E-state index contributed by atoms with van der Waals surface area (Å²) < 4.78 is 5.77. The van der Waals surface area contributed by atoms with Gasteiger partial charge in [-0.25, -0.2) is 0 Å². The van der Waals surface area contributed by atoms with E-state index < -0.39 is 12.2 Å². The first-order valence-corrected chi connectivity index (χ1v) is 9.45. The van der Waals surface area contributed by atoms with Crippen molar-refractivity contribution in [3.05, 3.63) is 58.3 Å². The number of carbonyl (C=O) groups excluding carboxylic acids is 1. The van der Waals surface area contributed by atoms with Crippen molar-refractivity contribution in [3.8, 4) is 0 Å². The van der Waals surface area contributed by atoms with Gasteiger partial charge in [0.1, 0.15) is 12.2 Å². The number of halogens is 1. The molecule has 3 rings (SSSR count). The molecule has 1 fully saturated rings. The summed E-state index contributed by atoms with van der Waals surface area (Å²) in [5, 5.41) is 12.4. The van der Waals surface area contributed by atoms with Crippen molar-refractivity contribution in [1.29, 1.82) is 0 Å². The standard InChI is InChI=1S/C19H24N2O3S.ClH/c20-11-15-8-9-17(24-15)19(23)21(12-14-5-2-1-3-6-14)13-16(22)18-7-4-10-25-18;/h1-7,10,15-17,22H,8-9,11-13,20H2;1H/t15-,16?,17+;/m1./s1. The van der Waals surface area contributed by atoms with Crippen LogP contribution in [0.15, 0.2) is 47.8 Å². The van der Waals surface area contributed by atoms with E-state index in [0.717, 1.165) is 16.9 Å². The van der Waals surface area contributed by atoms with E-state index in [1.54, 1.807) is 4.90 Å². The number of rotatable bonds is 7. The molecule has 26 heavy (non-hydrogen) atoms. The molecular weight excluding hydrogens is 372 g/mol. The molecule has 5 nitrogen and oxygen atoms in total. The molecular formula is C19H25ClN2O3S. The van der Waals surface area contributed by atoms with Gasteiger partial charge in [-0.3, -0.25) is 4.79 Å². The maximum Gasteiger partial charge on any atom is 0.252 e. The van der Waals surface area contributed by atoms with Crippen LogP contribution in [-0.2, 0) is 16.1 Å². The Kier molecular flexibility index (Phi) is 8.06. The number of aliphatic hydroxyl groups is 1. The zero-order valence-electron chi connectivity index (χ0n) is 14.5. The summed E-state index contributed by atoms with van der Waals surface area (Å²) in [4.78, 5) is 15.5. The van der Waals surface area contributed by atoms with Gasteiger partial charge in [0.25, 0.3) is 5.91 Å². The maximum atomic E-state index is 13.0. The van der Waals surface area contributed by atoms with Crippen molar-refractivity contribution < 1.29 is 14.6 Å². The molecule has 1 saturated heterocycles. The van der Waals surface area contributed by atoms with Crippen LogP contribution in [0.25, 0.3) is 0 Å². The van der Waals surface area contributed by atoms with Crippen molar-refractivity contribution in [3.63, 3.8) is 0 Å². The quantitative estimate of drug-likeness (QED) is 0.754. The fraction of sp³-hybridized carbons (Fsp3) is 0.421. The third-order valence-corrected chi connectivity index (χ3v) is 5.41. The summed E-state index contributed by atoms with van der Waals surface area (Å²) in [5.74, 6) is -0.0737. The van der Waals surface area contributed by atoms with Gasteiger partial charge in [-0.05, 0) is 29.9 Å². The second kappa shape index (κ2) is 10.0. The van der Waals surface area contributed by atoms with Gasteiger partial charge in [0.2, 0.25) is 0 Å². The zero-order valence-corrected chi connectivity index (χ0v) is 16.1. The third-order valence-electron chi connectivity index (χ3n) is 4.44. The topological polar surface area (TPSA) is 75.8 Å². The highest BCUT2D eigenvalue weighted by Gasteiger charge is 2.33. The van der Waals surface area contributed by atoms with Crippen LogP contribution in [-0.4, -0.2) is 41.2 Å². The fourth-order valence-electron chi connectivity index (χ4n) is 3.08. The van der Waals surface area contributed by atoms with Crippen LogP contribution in [0.5, 0.6) is 0 Å². The monoisotopic (exact) mass is 396 g/mol. The Balaban J connectivity index is 0.00000243. The molecule has 1 aliphatic rings. The van der Waals surface area contributed by atoms with Crippen LogP contribution in [0.1, 0.15) is 29.4 Å². The molecule has 2 heterocycles. The van der Waals surface area contributed by atoms with Gasteiger partial charge < -0.3 is 20.5 Å². The zero-order chi connectivity index (χ0) is 17.6. The predicted octanol–water partition coefficient (Wildman–Crippen LogP) is 2.74. The van der Waals surface area contributed by atoms with Gasteiger partial charge in [-0.15, -0.1) is 23.7 Å². The molecule has 0 aliphatic carbocycles. The first-order chi connectivity index (χ1) is 12.2. The van der Waals surface area contributed by atoms with E-state index in [9.17, 15) is 9.90 Å². The molecule has 7 heteroatoms. The second-order valence-electron chi connectivity index (χ2n) is 6.30. The summed E-state index contributed by atoms with van der Waals surface area (Å²) in [6.07, 6.45) is 0.280. The maximum absolute atomic E-state index is 13.0. The Morgan fingerprint density at radius 1 is 1.27 bits per heavy atom. The van der Waals surface area contributed by atoms with E-state index in [2.05, 4.69) is 0 Å². The van der Waals surface area contributed by atoms with E-state index in [1.165, 1.54) is 11.3 Å². The van der Waals surface area contributed by atoms with Gasteiger partial charge in [0.05, 0.1) is 12.6 Å². The first kappa shape index (κ1) is 20.9. The molecule has 0 spiro atoms. The summed E-state index contributed by atoms with van der Waals surface area (Å²) in [6, 6.07) is 13.6. The number of hydrogen-bond acceptors (Lipinski definition) is 5. The Labute approximate surface area is 164 Å². The molecule has 0 radical (unpaired) electrons. The third kappa shape index (κ3) is 5.28. The van der Waals surface area contributed by atoms with Crippen molar-refractivity contribution in [2.75, 3.05) is 13.1 Å². The van der Waals surface area contributed by atoms with Crippen molar-refractivity contribution in [2.45, 2.75) is 37.7 Å². The van der Waals surface area contributed by atoms with Crippen LogP contribution >= 0.6 is 23.7 Å². The van der Waals surface area contributed by atoms with E-state index >= 15 is 0 Å². The number of thiophene rings is 1. The lowest BCUT2D eigenvalue weighted by Gasteiger charge is -2.27. The SMILES string of the molecule is Cl.NC[C@H]1CC[C@@H](C(=O)N(Cc2ccccc2)CC(O)c2cccs2)O1. The van der Waals surface area contributed by atoms with Crippen molar-refractivity contribution >= 4 is 29.7 Å². The molecule has 0 saturated carbocycles. The lowest BCUT2D eigenvalue weighted by atomic mass is 10.1. The van der Waals surface area contributed by atoms with Gasteiger partial charge in [0.15, 0.2) is 0 Å². The van der Waals surface area contributed by atoms with Gasteiger partial charge in [-0.1, -0.05) is 36.4 Å². The number of aliphatic hydroxyl groups excluding tert-OH is 1. The molecule has 142 valence electrons. The Hall–Kier alpha value is -1.44. The lowest BCUT2D eigenvalue weighted by Crippen LogP contribution is -2.41. The number of hydrogen-bond donors (Lipinski definition) is 2. The number of ether oxygens (including phenoxy) is 1. The van der Waals surface area contributed by atoms with Gasteiger partial charge in [0, 0.05) is 18.0 Å². The summed E-state index contributed by atoms with van der Waals surface area (Å²) >= 11 is 1.49. The number of carbonyl (C=O) groups is 1. The predicted molar refractivity (Wildman–Crippen MR) is 105 cm³/mol. The van der Waals surface area contributed by atoms with E-state index in [1.807, 2.05) is 47.8 Å². The molecule has 1 amide bonds. The van der Waals surface area contributed by atoms with Gasteiger partial charge in [-0.2, -0.15) is 0 Å². The Bertz CT molecular complexity index is 669. The first-order valence-electron chi connectivity index (χ1n) is 8.57. The van der Waals surface area contributed by atoms with Crippen molar-refractivity contribution in [1.82, 2.24) is 4.90 Å². The molecule has 1 unspecified atom stereocenters. The highest BCUT2D eigenvalue weighted by molar-refractivity contribution is 7.10. The smallest absolute Gasteiger partial charge is 0.252 e. The van der Waals surface area contributed by atoms with E-state index in [-0.39, 0.29) is 31.0 Å². The molecule has 1 aromatic carbocycles. The minimum absolute atomic E-state index is 0. The molecule has 3 atom stereocenters. The summed E-state index contributed by atoms with van der Waals surface area (Å²) in [5.41, 5.74) is 6.68. The number of benzene rings is 1. The van der Waals surface area contributed by atoms with Crippen LogP contribution < -0.4 is 5.73 Å². The highest BCUT2D eigenvalue weighted by atomic mass is 35.5. The fourth-order valence-corrected chi connectivity index (χ4v) is 3.78. The lowest BCUT2D eigenvalue weighted by molar-refractivity contribution is -0.145. The van der Waals surface area contributed by atoms with Crippen LogP contribution in [0.3, 0.4) is 0 Å². The number of nitrogens with two attached hydrogens (primary N) is 1. The molecule has 2 aromatic rings. The van der Waals surface area contributed by atoms with Crippen LogP contribution in [0, 0.1) is 0 Å².